The first kappa shape index (κ1) is 20.0. The standard InChI is InChI=1S/C17H22N2O4S/c1-17(2,24-3)14(16(22)19-23)18-15(21)13-9-7-12(8-10-13)6-4-5-11-20/h7-10,14,20,23H,5,11H2,1-3H3,(H,18,21)(H,19,22)/t14-/m1/s1. The summed E-state index contributed by atoms with van der Waals surface area (Å²) in [6.07, 6.45) is 2.22. The minimum atomic E-state index is -0.894. The highest BCUT2D eigenvalue weighted by Crippen LogP contribution is 2.26. The van der Waals surface area contributed by atoms with E-state index in [2.05, 4.69) is 17.2 Å². The third-order valence-corrected chi connectivity index (χ3v) is 4.77. The Labute approximate surface area is 146 Å². The molecular weight excluding hydrogens is 328 g/mol. The lowest BCUT2D eigenvalue weighted by Gasteiger charge is -2.31. The van der Waals surface area contributed by atoms with E-state index in [-0.39, 0.29) is 6.61 Å². The zero-order chi connectivity index (χ0) is 18.2. The normalized spacial score (nSPS) is 11.9. The van der Waals surface area contributed by atoms with E-state index in [1.54, 1.807) is 43.6 Å². The summed E-state index contributed by atoms with van der Waals surface area (Å²) in [6.45, 7) is 3.61. The second-order valence-electron chi connectivity index (χ2n) is 5.54. The number of hydroxylamine groups is 1. The molecule has 0 aromatic heterocycles. The highest BCUT2D eigenvalue weighted by molar-refractivity contribution is 8.00. The molecule has 0 spiro atoms. The van der Waals surface area contributed by atoms with Crippen molar-refractivity contribution >= 4 is 23.6 Å². The van der Waals surface area contributed by atoms with E-state index in [1.807, 2.05) is 6.26 Å². The van der Waals surface area contributed by atoms with Gasteiger partial charge in [0.25, 0.3) is 11.8 Å². The Bertz CT molecular complexity index is 632. The molecule has 0 heterocycles. The van der Waals surface area contributed by atoms with Crippen LogP contribution in [-0.4, -0.2) is 45.8 Å². The van der Waals surface area contributed by atoms with Crippen molar-refractivity contribution in [3.8, 4) is 11.8 Å². The molecule has 1 aromatic rings. The van der Waals surface area contributed by atoms with Crippen LogP contribution in [0.1, 0.15) is 36.2 Å². The van der Waals surface area contributed by atoms with E-state index >= 15 is 0 Å². The van der Waals surface area contributed by atoms with Gasteiger partial charge in [-0.05, 0) is 44.4 Å². The third-order valence-electron chi connectivity index (χ3n) is 3.49. The summed E-state index contributed by atoms with van der Waals surface area (Å²) in [4.78, 5) is 24.2. The predicted molar refractivity (Wildman–Crippen MR) is 93.8 cm³/mol. The van der Waals surface area contributed by atoms with Gasteiger partial charge in [0.2, 0.25) is 0 Å². The molecule has 0 aliphatic carbocycles. The van der Waals surface area contributed by atoms with Gasteiger partial charge in [-0.25, -0.2) is 5.48 Å². The van der Waals surface area contributed by atoms with Gasteiger partial charge in [0, 0.05) is 22.3 Å². The molecule has 0 saturated heterocycles. The molecule has 0 fully saturated rings. The number of nitrogens with one attached hydrogen (secondary N) is 2. The number of benzene rings is 1. The van der Waals surface area contributed by atoms with Crippen molar-refractivity contribution < 1.29 is 19.9 Å². The fraction of sp³-hybridized carbons (Fsp3) is 0.412. The largest absolute Gasteiger partial charge is 0.395 e. The SMILES string of the molecule is CSC(C)(C)[C@H](NC(=O)c1ccc(C#CCCO)cc1)C(=O)NO. The van der Waals surface area contributed by atoms with Gasteiger partial charge in [-0.15, -0.1) is 0 Å². The molecule has 130 valence electrons. The van der Waals surface area contributed by atoms with Crippen molar-refractivity contribution in [2.75, 3.05) is 12.9 Å². The van der Waals surface area contributed by atoms with Crippen LogP contribution < -0.4 is 10.8 Å². The Hall–Kier alpha value is -2.01. The summed E-state index contributed by atoms with van der Waals surface area (Å²) in [6, 6.07) is 5.71. The average Bonchev–Trinajstić information content (AvgIpc) is 2.59. The molecule has 4 N–H and O–H groups in total. The minimum absolute atomic E-state index is 0.00697. The van der Waals surface area contributed by atoms with Gasteiger partial charge >= 0.3 is 0 Å². The zero-order valence-electron chi connectivity index (χ0n) is 13.9. The van der Waals surface area contributed by atoms with Crippen LogP contribution in [0.5, 0.6) is 0 Å². The average molecular weight is 350 g/mol. The number of carbonyl (C=O) groups excluding carboxylic acids is 2. The van der Waals surface area contributed by atoms with Crippen LogP contribution in [-0.2, 0) is 4.79 Å². The maximum absolute atomic E-state index is 12.4. The lowest BCUT2D eigenvalue weighted by atomic mass is 10.0. The Morgan fingerprint density at radius 1 is 1.29 bits per heavy atom. The van der Waals surface area contributed by atoms with E-state index in [1.165, 1.54) is 11.8 Å². The smallest absolute Gasteiger partial charge is 0.267 e. The van der Waals surface area contributed by atoms with E-state index in [0.29, 0.717) is 12.0 Å². The first-order valence-corrected chi connectivity index (χ1v) is 8.58. The molecular formula is C17H22N2O4S. The van der Waals surface area contributed by atoms with Crippen LogP contribution in [0.2, 0.25) is 0 Å². The maximum atomic E-state index is 12.4. The maximum Gasteiger partial charge on any atom is 0.267 e. The van der Waals surface area contributed by atoms with E-state index in [0.717, 1.165) is 5.56 Å². The van der Waals surface area contributed by atoms with Gasteiger partial charge in [-0.2, -0.15) is 11.8 Å². The molecule has 7 heteroatoms. The van der Waals surface area contributed by atoms with Crippen molar-refractivity contribution in [3.63, 3.8) is 0 Å². The monoisotopic (exact) mass is 350 g/mol. The van der Waals surface area contributed by atoms with Crippen LogP contribution in [0, 0.1) is 11.8 Å². The van der Waals surface area contributed by atoms with Crippen molar-refractivity contribution in [1.29, 1.82) is 0 Å². The predicted octanol–water partition coefficient (Wildman–Crippen LogP) is 1.17. The first-order valence-electron chi connectivity index (χ1n) is 7.35. The zero-order valence-corrected chi connectivity index (χ0v) is 14.7. The van der Waals surface area contributed by atoms with E-state index in [4.69, 9.17) is 10.3 Å². The summed E-state index contributed by atoms with van der Waals surface area (Å²) < 4.78 is -0.599. The molecule has 0 unspecified atom stereocenters. The second-order valence-corrected chi connectivity index (χ2v) is 7.00. The molecule has 2 amide bonds. The van der Waals surface area contributed by atoms with E-state index in [9.17, 15) is 9.59 Å². The van der Waals surface area contributed by atoms with Gasteiger partial charge in [-0.3, -0.25) is 14.8 Å². The number of carbonyl (C=O) groups is 2. The summed E-state index contributed by atoms with van der Waals surface area (Å²) in [5.41, 5.74) is 2.71. The Balaban J connectivity index is 2.89. The summed E-state index contributed by atoms with van der Waals surface area (Å²) in [5, 5.41) is 20.2. The number of aliphatic hydroxyl groups is 1. The molecule has 0 saturated carbocycles. The first-order chi connectivity index (χ1) is 11.4. The fourth-order valence-corrected chi connectivity index (χ4v) is 2.28. The highest BCUT2D eigenvalue weighted by atomic mass is 32.2. The molecule has 0 bridgehead atoms. The summed E-state index contributed by atoms with van der Waals surface area (Å²) in [5.74, 6) is 4.58. The molecule has 6 nitrogen and oxygen atoms in total. The Morgan fingerprint density at radius 3 is 2.42 bits per heavy atom. The lowest BCUT2D eigenvalue weighted by molar-refractivity contribution is -0.131. The lowest BCUT2D eigenvalue weighted by Crippen LogP contribution is -2.55. The van der Waals surface area contributed by atoms with Crippen molar-refractivity contribution in [3.05, 3.63) is 35.4 Å². The van der Waals surface area contributed by atoms with Gasteiger partial charge in [0.15, 0.2) is 0 Å². The van der Waals surface area contributed by atoms with Crippen LogP contribution in [0.3, 0.4) is 0 Å². The van der Waals surface area contributed by atoms with Crippen LogP contribution >= 0.6 is 11.8 Å². The minimum Gasteiger partial charge on any atom is -0.395 e. The van der Waals surface area contributed by atoms with Crippen LogP contribution in [0.4, 0.5) is 0 Å². The molecule has 1 aromatic carbocycles. The number of rotatable bonds is 6. The summed E-state index contributed by atoms with van der Waals surface area (Å²) >= 11 is 1.40. The third kappa shape index (κ3) is 5.57. The fourth-order valence-electron chi connectivity index (χ4n) is 1.88. The van der Waals surface area contributed by atoms with Gasteiger partial charge < -0.3 is 10.4 Å². The molecule has 0 aliphatic heterocycles. The van der Waals surface area contributed by atoms with Crippen molar-refractivity contribution in [2.45, 2.75) is 31.1 Å². The van der Waals surface area contributed by atoms with Crippen molar-refractivity contribution in [2.24, 2.45) is 0 Å². The molecule has 0 radical (unpaired) electrons. The summed E-state index contributed by atoms with van der Waals surface area (Å²) in [7, 11) is 0. The van der Waals surface area contributed by atoms with Gasteiger partial charge in [0.1, 0.15) is 6.04 Å². The highest BCUT2D eigenvalue weighted by Gasteiger charge is 2.36. The topological polar surface area (TPSA) is 98.7 Å². The molecule has 0 aliphatic rings. The van der Waals surface area contributed by atoms with Crippen LogP contribution in [0.15, 0.2) is 24.3 Å². The van der Waals surface area contributed by atoms with E-state index < -0.39 is 22.6 Å². The number of aliphatic hydroxyl groups excluding tert-OH is 1. The molecule has 1 rings (SSSR count). The second kappa shape index (κ2) is 9.33. The number of hydrogen-bond donors (Lipinski definition) is 4. The quantitative estimate of drug-likeness (QED) is 0.351. The Morgan fingerprint density at radius 2 is 1.92 bits per heavy atom. The number of amides is 2. The number of thioether (sulfide) groups is 1. The van der Waals surface area contributed by atoms with Gasteiger partial charge in [-0.1, -0.05) is 11.8 Å². The van der Waals surface area contributed by atoms with Crippen molar-refractivity contribution in [1.82, 2.24) is 10.8 Å². The Kier molecular flexibility index (Phi) is 7.79. The van der Waals surface area contributed by atoms with Gasteiger partial charge in [0.05, 0.1) is 6.61 Å². The van der Waals surface area contributed by atoms with Crippen LogP contribution in [0.25, 0.3) is 0 Å². The number of hydrogen-bond acceptors (Lipinski definition) is 5. The molecule has 1 atom stereocenters. The molecule has 24 heavy (non-hydrogen) atoms.